The molecule has 1 aromatic heterocycles. The number of benzene rings is 1. The summed E-state index contributed by atoms with van der Waals surface area (Å²) in [6.07, 6.45) is 3.72. The Labute approximate surface area is 472 Å². The van der Waals surface area contributed by atoms with Crippen LogP contribution in [0.3, 0.4) is 0 Å². The van der Waals surface area contributed by atoms with Crippen molar-refractivity contribution in [3.8, 4) is 0 Å². The Hall–Kier alpha value is -7.43. The van der Waals surface area contributed by atoms with Crippen LogP contribution in [0, 0.1) is 5.92 Å². The molecule has 28 heteroatoms. The van der Waals surface area contributed by atoms with E-state index in [1.54, 1.807) is 29.6 Å². The van der Waals surface area contributed by atoms with E-state index >= 15 is 0 Å². The number of aliphatic imine (C=N–C) groups is 2. The van der Waals surface area contributed by atoms with E-state index in [0.29, 0.717) is 30.6 Å². The number of nitrogens with one attached hydrogen (secondary N) is 4. The smallest absolute Gasteiger partial charge is 0.326 e. The molecule has 1 aromatic carbocycles. The molecular formula is C53H77N15O12S. The topological polar surface area (TPSA) is 430 Å². The highest BCUT2D eigenvalue weighted by molar-refractivity contribution is 7.09. The van der Waals surface area contributed by atoms with E-state index < -0.39 is 121 Å². The maximum atomic E-state index is 14.7. The number of nitrogens with zero attached hydrogens (tertiary/aromatic N) is 6. The number of β-amino-alcohol motifs (C(OH)–C–C–N with tert-alkyl or cyclic N) is 1. The van der Waals surface area contributed by atoms with Gasteiger partial charge in [0.1, 0.15) is 42.3 Å². The number of thiophene rings is 1. The maximum Gasteiger partial charge on any atom is 0.326 e. The highest BCUT2D eigenvalue weighted by Gasteiger charge is 2.52. The molecule has 4 aliphatic heterocycles. The van der Waals surface area contributed by atoms with Gasteiger partial charge < -0.3 is 84.9 Å². The van der Waals surface area contributed by atoms with Gasteiger partial charge in [-0.25, -0.2) is 4.79 Å². The molecule has 1 saturated carbocycles. The summed E-state index contributed by atoms with van der Waals surface area (Å²) < 4.78 is 0. The standard InChI is InChI=1S/C53H77N15O12S/c54-34(13-5-17-59-52(55)56)44(72)63-35(14-6-18-60-53(57)58)47(75)65-19-7-16-39(65)49(77)67-27-32(70)23-40(67)46(74)61-25-43(71)62-36(24-33-12-8-20-81-33)45(73)64-37(28-69)48(76)66-26-31-11-2-1-9-29(31)21-41(66)50(78)68-38-15-4-3-10-30(38)22-42(68)51(79)80/h1-2,8-9,11-12,20,30,32,34-42,69-70H,3-7,10,13-19,21-28,54H2,(H,61,74)(H,62,71)(H,63,72)(H,64,73)(H,79,80)(H4,55,56,59)(H4,57,58,60)/t30-,32+,34+,35-,36-,37-,38-,39-,40-,41+,42-/m0/s1. The van der Waals surface area contributed by atoms with Crippen LogP contribution in [0.25, 0.3) is 0 Å². The molecule has 1 aliphatic carbocycles. The van der Waals surface area contributed by atoms with E-state index in [-0.39, 0.29) is 102 Å². The van der Waals surface area contributed by atoms with Gasteiger partial charge in [-0.2, -0.15) is 0 Å². The predicted molar refractivity (Wildman–Crippen MR) is 296 cm³/mol. The van der Waals surface area contributed by atoms with E-state index in [0.717, 1.165) is 35.3 Å². The molecule has 3 saturated heterocycles. The number of hydrogen-bond acceptors (Lipinski definition) is 15. The van der Waals surface area contributed by atoms with E-state index in [9.17, 15) is 58.5 Å². The van der Waals surface area contributed by atoms with Gasteiger partial charge in [0, 0.05) is 62.9 Å². The molecule has 0 unspecified atom stereocenters. The number of aliphatic hydroxyl groups excluding tert-OH is 2. The molecule has 81 heavy (non-hydrogen) atoms. The zero-order valence-electron chi connectivity index (χ0n) is 45.2. The summed E-state index contributed by atoms with van der Waals surface area (Å²) in [5, 5.41) is 44.0. The normalized spacial score (nSPS) is 23.6. The number of guanidine groups is 2. The van der Waals surface area contributed by atoms with Crippen molar-refractivity contribution in [2.75, 3.05) is 39.3 Å². The minimum atomic E-state index is -1.60. The van der Waals surface area contributed by atoms with E-state index in [1.807, 2.05) is 12.1 Å². The number of aliphatic hydroxyl groups is 2. The Morgan fingerprint density at radius 1 is 0.704 bits per heavy atom. The number of aliphatic carboxylic acids is 1. The van der Waals surface area contributed by atoms with E-state index in [4.69, 9.17) is 28.7 Å². The van der Waals surface area contributed by atoms with Crippen LogP contribution in [0.2, 0.25) is 0 Å². The fourth-order valence-electron chi connectivity index (χ4n) is 11.8. The van der Waals surface area contributed by atoms with Crippen LogP contribution in [-0.2, 0) is 62.5 Å². The second-order valence-electron chi connectivity index (χ2n) is 21.4. The highest BCUT2D eigenvalue weighted by Crippen LogP contribution is 2.41. The molecule has 0 radical (unpaired) electrons. The number of likely N-dealkylation sites (tertiary alicyclic amines) is 3. The van der Waals surface area contributed by atoms with Crippen molar-refractivity contribution < 1.29 is 58.5 Å². The van der Waals surface area contributed by atoms with E-state index in [1.165, 1.54) is 26.0 Å². The molecule has 0 bridgehead atoms. The van der Waals surface area contributed by atoms with Gasteiger partial charge in [0.05, 0.1) is 25.3 Å². The number of carboxylic acid groups (broad SMARTS) is 1. The van der Waals surface area contributed by atoms with Gasteiger partial charge in [0.15, 0.2) is 11.9 Å². The van der Waals surface area contributed by atoms with Crippen LogP contribution in [-0.4, -0.2) is 200 Å². The number of carbonyl (C=O) groups is 9. The summed E-state index contributed by atoms with van der Waals surface area (Å²) in [5.41, 5.74) is 29.4. The lowest BCUT2D eigenvalue weighted by Gasteiger charge is -2.42. The third-order valence-corrected chi connectivity index (χ3v) is 16.8. The van der Waals surface area contributed by atoms with Crippen LogP contribution in [0.1, 0.15) is 93.1 Å². The first-order valence-corrected chi connectivity index (χ1v) is 28.5. The molecule has 2 aromatic rings. The van der Waals surface area contributed by atoms with Crippen molar-refractivity contribution in [1.29, 1.82) is 0 Å². The summed E-state index contributed by atoms with van der Waals surface area (Å²) in [4.78, 5) is 140. The Morgan fingerprint density at radius 3 is 2.06 bits per heavy atom. The third kappa shape index (κ3) is 15.5. The lowest BCUT2D eigenvalue weighted by atomic mass is 9.84. The van der Waals surface area contributed by atoms with Gasteiger partial charge in [0.25, 0.3) is 0 Å². The monoisotopic (exact) mass is 1150 g/mol. The Bertz CT molecular complexity index is 2670. The molecule has 5 heterocycles. The summed E-state index contributed by atoms with van der Waals surface area (Å²) in [6.45, 7) is -1.39. The number of amides is 8. The quantitative estimate of drug-likeness (QED) is 0.0275. The fraction of sp³-hybridized carbons (Fsp3) is 0.604. The summed E-state index contributed by atoms with van der Waals surface area (Å²) in [6, 6.07) is 0.733. The lowest BCUT2D eigenvalue weighted by molar-refractivity contribution is -0.156. The van der Waals surface area contributed by atoms with Crippen LogP contribution in [0.15, 0.2) is 51.8 Å². The Balaban J connectivity index is 0.998. The van der Waals surface area contributed by atoms with Gasteiger partial charge in [-0.1, -0.05) is 43.2 Å². The number of nitrogens with two attached hydrogens (primary N) is 5. The van der Waals surface area contributed by atoms with E-state index in [2.05, 4.69) is 31.3 Å². The zero-order valence-corrected chi connectivity index (χ0v) is 46.1. The van der Waals surface area contributed by atoms with Crippen LogP contribution in [0.5, 0.6) is 0 Å². The van der Waals surface area contributed by atoms with Gasteiger partial charge in [0.2, 0.25) is 47.3 Å². The number of fused-ring (bicyclic) bond motifs is 2. The summed E-state index contributed by atoms with van der Waals surface area (Å²) in [7, 11) is 0. The van der Waals surface area contributed by atoms with Crippen molar-refractivity contribution in [2.45, 2.75) is 157 Å². The SMILES string of the molecule is NC(N)=NCCC[C@@H](N)C(=O)N[C@@H](CCCN=C(N)N)C(=O)N1CCC[C@H]1C(=O)N1C[C@H](O)C[C@H]1C(=O)NCC(=O)N[C@@H](Cc1cccs1)C(=O)N[C@@H](CO)C(=O)N1Cc2ccccc2C[C@@H]1C(=O)N1[C@H](C(=O)O)C[C@@H]2CCCC[C@@H]21. The zero-order chi connectivity index (χ0) is 58.5. The molecular weight excluding hydrogens is 1070 g/mol. The van der Waals surface area contributed by atoms with Crippen molar-refractivity contribution in [3.05, 3.63) is 57.8 Å². The van der Waals surface area contributed by atoms with Gasteiger partial charge in [-0.15, -0.1) is 11.3 Å². The highest BCUT2D eigenvalue weighted by atomic mass is 32.1. The Kier molecular flexibility index (Phi) is 21.4. The largest absolute Gasteiger partial charge is 0.480 e. The molecule has 4 fully saturated rings. The molecule has 17 N–H and O–H groups in total. The van der Waals surface area contributed by atoms with Gasteiger partial charge in [-0.05, 0) is 86.3 Å². The fourth-order valence-corrected chi connectivity index (χ4v) is 12.6. The number of hydrogen-bond donors (Lipinski definition) is 12. The van der Waals surface area contributed by atoms with Crippen molar-refractivity contribution in [2.24, 2.45) is 44.6 Å². The van der Waals surface area contributed by atoms with Crippen molar-refractivity contribution in [1.82, 2.24) is 40.9 Å². The van der Waals surface area contributed by atoms with Crippen molar-refractivity contribution >= 4 is 76.5 Å². The van der Waals surface area contributed by atoms with Gasteiger partial charge in [-0.3, -0.25) is 48.3 Å². The summed E-state index contributed by atoms with van der Waals surface area (Å²) in [5.74, 6) is -7.03. The molecule has 7 rings (SSSR count). The molecule has 5 aliphatic rings. The third-order valence-electron chi connectivity index (χ3n) is 15.9. The molecule has 0 spiro atoms. The first kappa shape index (κ1) is 61.2. The molecule has 8 amide bonds. The molecule has 27 nitrogen and oxygen atoms in total. The predicted octanol–water partition coefficient (Wildman–Crippen LogP) is -3.56. The first-order chi connectivity index (χ1) is 38.8. The second-order valence-corrected chi connectivity index (χ2v) is 22.5. The summed E-state index contributed by atoms with van der Waals surface area (Å²) >= 11 is 1.29. The second kappa shape index (κ2) is 28.3. The molecule has 11 atom stereocenters. The minimum Gasteiger partial charge on any atom is -0.480 e. The van der Waals surface area contributed by atoms with Crippen LogP contribution in [0.4, 0.5) is 0 Å². The minimum absolute atomic E-state index is 0.00885. The van der Waals surface area contributed by atoms with Crippen molar-refractivity contribution in [3.63, 3.8) is 0 Å². The number of carbonyl (C=O) groups excluding carboxylic acids is 8. The lowest BCUT2D eigenvalue weighted by Crippen LogP contribution is -2.62. The van der Waals surface area contributed by atoms with Gasteiger partial charge >= 0.3 is 5.97 Å². The van der Waals surface area contributed by atoms with Crippen LogP contribution >= 0.6 is 11.3 Å². The number of carboxylic acids is 1. The maximum absolute atomic E-state index is 14.7. The average Bonchev–Trinajstić information content (AvgIpc) is 4.33. The first-order valence-electron chi connectivity index (χ1n) is 27.6. The number of rotatable bonds is 24. The Morgan fingerprint density at radius 2 is 1.38 bits per heavy atom. The average molecular weight is 1150 g/mol. The van der Waals surface area contributed by atoms with Crippen LogP contribution < -0.4 is 49.9 Å². The molecule has 442 valence electrons.